The van der Waals surface area contributed by atoms with Gasteiger partial charge in [0.2, 0.25) is 10.0 Å². The van der Waals surface area contributed by atoms with Gasteiger partial charge in [-0.3, -0.25) is 0 Å². The van der Waals surface area contributed by atoms with E-state index in [1.165, 1.54) is 0 Å². The number of benzene rings is 3. The highest BCUT2D eigenvalue weighted by atomic mass is 35.5. The standard InChI is InChI=1S/C26H24Cl2N2O2S/c27-23-11-5-10-21(25(23)28)26-20-9-4-8-19(20)22-16-18(12-13-24(22)30-26)33(31,32)29-15-14-17-6-2-1-3-7-17/h1-8,10-13,16,19-20,26,29-30H,9,14-15H2. The van der Waals surface area contributed by atoms with Crippen molar-refractivity contribution in [2.75, 3.05) is 11.9 Å². The van der Waals surface area contributed by atoms with E-state index >= 15 is 0 Å². The molecule has 0 radical (unpaired) electrons. The molecule has 0 amide bonds. The summed E-state index contributed by atoms with van der Waals surface area (Å²) < 4.78 is 28.7. The Balaban J connectivity index is 1.40. The van der Waals surface area contributed by atoms with Gasteiger partial charge in [0.25, 0.3) is 0 Å². The number of anilines is 1. The molecule has 5 rings (SSSR count). The predicted molar refractivity (Wildman–Crippen MR) is 135 cm³/mol. The zero-order chi connectivity index (χ0) is 23.0. The first-order chi connectivity index (χ1) is 15.9. The van der Waals surface area contributed by atoms with Crippen molar-refractivity contribution in [3.63, 3.8) is 0 Å². The lowest BCUT2D eigenvalue weighted by Crippen LogP contribution is -2.30. The molecule has 0 saturated carbocycles. The highest BCUT2D eigenvalue weighted by Crippen LogP contribution is 2.51. The lowest BCUT2D eigenvalue weighted by molar-refractivity contribution is 0.425. The second-order valence-corrected chi connectivity index (χ2v) is 11.1. The average Bonchev–Trinajstić information content (AvgIpc) is 3.31. The fraction of sp³-hybridized carbons (Fsp3) is 0.231. The Morgan fingerprint density at radius 1 is 0.970 bits per heavy atom. The fourth-order valence-corrected chi connectivity index (χ4v) is 6.36. The zero-order valence-electron chi connectivity index (χ0n) is 17.8. The van der Waals surface area contributed by atoms with Crippen LogP contribution in [0.5, 0.6) is 0 Å². The van der Waals surface area contributed by atoms with Crippen LogP contribution in [0.1, 0.15) is 35.1 Å². The molecular formula is C26H24Cl2N2O2S. The maximum atomic E-state index is 13.0. The molecule has 170 valence electrons. The number of rotatable bonds is 6. The van der Waals surface area contributed by atoms with Crippen LogP contribution in [-0.4, -0.2) is 15.0 Å². The number of allylic oxidation sites excluding steroid dienone is 2. The molecule has 3 aromatic carbocycles. The van der Waals surface area contributed by atoms with Crippen molar-refractivity contribution < 1.29 is 8.42 Å². The minimum atomic E-state index is -3.61. The largest absolute Gasteiger partial charge is 0.378 e. The van der Waals surface area contributed by atoms with Crippen molar-refractivity contribution in [3.8, 4) is 0 Å². The topological polar surface area (TPSA) is 58.2 Å². The van der Waals surface area contributed by atoms with Crippen LogP contribution >= 0.6 is 23.2 Å². The van der Waals surface area contributed by atoms with Crippen LogP contribution in [0.25, 0.3) is 0 Å². The average molecular weight is 499 g/mol. The summed E-state index contributed by atoms with van der Waals surface area (Å²) >= 11 is 12.8. The molecule has 1 aliphatic carbocycles. The number of hydrogen-bond acceptors (Lipinski definition) is 3. The third-order valence-corrected chi connectivity index (χ3v) is 8.80. The van der Waals surface area contributed by atoms with Gasteiger partial charge in [-0.1, -0.05) is 77.8 Å². The van der Waals surface area contributed by atoms with Gasteiger partial charge in [-0.25, -0.2) is 13.1 Å². The first-order valence-corrected chi connectivity index (χ1v) is 13.2. The number of fused-ring (bicyclic) bond motifs is 3. The summed E-state index contributed by atoms with van der Waals surface area (Å²) in [6.07, 6.45) is 5.87. The molecule has 0 bridgehead atoms. The normalized spacial score (nSPS) is 21.3. The molecule has 0 aromatic heterocycles. The van der Waals surface area contributed by atoms with Gasteiger partial charge in [0, 0.05) is 18.2 Å². The lowest BCUT2D eigenvalue weighted by atomic mass is 9.77. The van der Waals surface area contributed by atoms with Crippen LogP contribution in [0, 0.1) is 5.92 Å². The highest BCUT2D eigenvalue weighted by molar-refractivity contribution is 7.89. The molecule has 4 nitrogen and oxygen atoms in total. The number of hydrogen-bond donors (Lipinski definition) is 2. The van der Waals surface area contributed by atoms with E-state index in [1.807, 2.05) is 48.5 Å². The van der Waals surface area contributed by atoms with Crippen LogP contribution in [-0.2, 0) is 16.4 Å². The molecule has 0 saturated heterocycles. The molecule has 0 spiro atoms. The predicted octanol–water partition coefficient (Wildman–Crippen LogP) is 6.34. The quantitative estimate of drug-likeness (QED) is 0.389. The van der Waals surface area contributed by atoms with E-state index in [1.54, 1.807) is 18.2 Å². The van der Waals surface area contributed by atoms with E-state index in [2.05, 4.69) is 22.2 Å². The Bertz CT molecular complexity index is 1310. The summed E-state index contributed by atoms with van der Waals surface area (Å²) in [7, 11) is -3.61. The van der Waals surface area contributed by atoms with E-state index in [-0.39, 0.29) is 22.8 Å². The summed E-state index contributed by atoms with van der Waals surface area (Å²) in [5.41, 5.74) is 3.98. The maximum Gasteiger partial charge on any atom is 0.240 e. The SMILES string of the molecule is O=S(=O)(NCCc1ccccc1)c1ccc2c(c1)C1C=CCC1C(c1cccc(Cl)c1Cl)N2. The summed E-state index contributed by atoms with van der Waals surface area (Å²) in [5, 5.41) is 4.69. The Labute approximate surface area is 204 Å². The molecule has 1 aliphatic heterocycles. The zero-order valence-corrected chi connectivity index (χ0v) is 20.2. The van der Waals surface area contributed by atoms with Crippen LogP contribution < -0.4 is 10.0 Å². The van der Waals surface area contributed by atoms with Crippen LogP contribution in [0.4, 0.5) is 5.69 Å². The van der Waals surface area contributed by atoms with E-state index in [4.69, 9.17) is 23.2 Å². The van der Waals surface area contributed by atoms with Crippen molar-refractivity contribution in [1.82, 2.24) is 4.72 Å². The summed E-state index contributed by atoms with van der Waals surface area (Å²) in [6.45, 7) is 0.350. The Kier molecular flexibility index (Phi) is 6.23. The smallest absolute Gasteiger partial charge is 0.240 e. The van der Waals surface area contributed by atoms with E-state index in [0.29, 0.717) is 23.0 Å². The molecule has 3 atom stereocenters. The number of nitrogens with one attached hydrogen (secondary N) is 2. The van der Waals surface area contributed by atoms with Gasteiger partial charge in [-0.2, -0.15) is 0 Å². The number of halogens is 2. The number of sulfonamides is 1. The van der Waals surface area contributed by atoms with Gasteiger partial charge < -0.3 is 5.32 Å². The van der Waals surface area contributed by atoms with Crippen molar-refractivity contribution >= 4 is 38.9 Å². The molecule has 7 heteroatoms. The van der Waals surface area contributed by atoms with Gasteiger partial charge in [-0.15, -0.1) is 0 Å². The Morgan fingerprint density at radius 3 is 2.61 bits per heavy atom. The van der Waals surface area contributed by atoms with Crippen molar-refractivity contribution in [1.29, 1.82) is 0 Å². The van der Waals surface area contributed by atoms with Crippen LogP contribution in [0.15, 0.2) is 83.8 Å². The van der Waals surface area contributed by atoms with Gasteiger partial charge in [0.15, 0.2) is 0 Å². The molecule has 33 heavy (non-hydrogen) atoms. The highest BCUT2D eigenvalue weighted by Gasteiger charge is 2.39. The Morgan fingerprint density at radius 2 is 1.79 bits per heavy atom. The second-order valence-electron chi connectivity index (χ2n) is 8.50. The molecule has 1 heterocycles. The van der Waals surface area contributed by atoms with Crippen molar-refractivity contribution in [2.24, 2.45) is 5.92 Å². The summed E-state index contributed by atoms with van der Waals surface area (Å²) in [5.74, 6) is 0.346. The third kappa shape index (κ3) is 4.43. The Hall–Kier alpha value is -2.31. The van der Waals surface area contributed by atoms with Gasteiger partial charge >= 0.3 is 0 Å². The lowest BCUT2D eigenvalue weighted by Gasteiger charge is -2.38. The molecule has 0 fully saturated rings. The summed E-state index contributed by atoms with van der Waals surface area (Å²) in [4.78, 5) is 0.286. The molecule has 3 aromatic rings. The van der Waals surface area contributed by atoms with E-state index < -0.39 is 10.0 Å². The first-order valence-electron chi connectivity index (χ1n) is 11.0. The minimum Gasteiger partial charge on any atom is -0.378 e. The van der Waals surface area contributed by atoms with E-state index in [9.17, 15) is 8.42 Å². The second kappa shape index (κ2) is 9.15. The molecule has 2 aliphatic rings. The van der Waals surface area contributed by atoms with Crippen LogP contribution in [0.3, 0.4) is 0 Å². The van der Waals surface area contributed by atoms with Gasteiger partial charge in [0.1, 0.15) is 0 Å². The molecule has 3 unspecified atom stereocenters. The molecule has 2 N–H and O–H groups in total. The monoisotopic (exact) mass is 498 g/mol. The van der Waals surface area contributed by atoms with Crippen molar-refractivity contribution in [3.05, 3.63) is 106 Å². The molecular weight excluding hydrogens is 475 g/mol. The maximum absolute atomic E-state index is 13.0. The van der Waals surface area contributed by atoms with Gasteiger partial charge in [0.05, 0.1) is 21.0 Å². The van der Waals surface area contributed by atoms with Gasteiger partial charge in [-0.05, 0) is 59.7 Å². The third-order valence-electron chi connectivity index (χ3n) is 6.51. The first kappa shape index (κ1) is 22.5. The minimum absolute atomic E-state index is 0.00449. The fourth-order valence-electron chi connectivity index (χ4n) is 4.87. The van der Waals surface area contributed by atoms with Crippen LogP contribution in [0.2, 0.25) is 10.0 Å². The van der Waals surface area contributed by atoms with E-state index in [0.717, 1.165) is 28.8 Å². The van der Waals surface area contributed by atoms with Crippen molar-refractivity contribution in [2.45, 2.75) is 29.7 Å². The summed E-state index contributed by atoms with van der Waals surface area (Å²) in [6, 6.07) is 20.9.